The van der Waals surface area contributed by atoms with E-state index in [-0.39, 0.29) is 6.03 Å². The number of nitrogens with one attached hydrogen (secondary N) is 1. The summed E-state index contributed by atoms with van der Waals surface area (Å²) in [6.45, 7) is 7.59. The molecule has 34 heavy (non-hydrogen) atoms. The van der Waals surface area contributed by atoms with E-state index in [1.165, 1.54) is 5.56 Å². The van der Waals surface area contributed by atoms with Crippen LogP contribution in [0.3, 0.4) is 0 Å². The summed E-state index contributed by atoms with van der Waals surface area (Å²) in [5.74, 6) is 2.48. The van der Waals surface area contributed by atoms with Crippen molar-refractivity contribution in [1.29, 1.82) is 0 Å². The number of nitrogens with zero attached hydrogens (tertiary/aromatic N) is 3. The van der Waals surface area contributed by atoms with Crippen LogP contribution in [0.4, 0.5) is 10.5 Å². The first-order valence-electron chi connectivity index (χ1n) is 11.9. The van der Waals surface area contributed by atoms with Crippen molar-refractivity contribution in [3.8, 4) is 11.5 Å². The Morgan fingerprint density at radius 1 is 0.912 bits per heavy atom. The second kappa shape index (κ2) is 9.59. The molecule has 0 aromatic heterocycles. The van der Waals surface area contributed by atoms with Crippen LogP contribution < -0.4 is 10.1 Å². The van der Waals surface area contributed by atoms with E-state index in [1.807, 2.05) is 47.4 Å². The molecule has 2 aliphatic heterocycles. The molecular formula is C28H30N4O2. The fourth-order valence-electron chi connectivity index (χ4n) is 4.52. The van der Waals surface area contributed by atoms with Crippen LogP contribution in [0, 0.1) is 13.8 Å². The van der Waals surface area contributed by atoms with E-state index >= 15 is 0 Å². The molecule has 1 N–H and O–H groups in total. The van der Waals surface area contributed by atoms with Gasteiger partial charge in [0, 0.05) is 32.7 Å². The Bertz CT molecular complexity index is 1240. The van der Waals surface area contributed by atoms with Gasteiger partial charge in [0.25, 0.3) is 0 Å². The molecule has 0 unspecified atom stereocenters. The van der Waals surface area contributed by atoms with Crippen molar-refractivity contribution in [1.82, 2.24) is 15.1 Å². The highest BCUT2D eigenvalue weighted by Gasteiger charge is 2.26. The van der Waals surface area contributed by atoms with Crippen LogP contribution in [0.1, 0.15) is 28.7 Å². The summed E-state index contributed by atoms with van der Waals surface area (Å²) >= 11 is 0. The third kappa shape index (κ3) is 4.76. The maximum absolute atomic E-state index is 12.9. The van der Waals surface area contributed by atoms with E-state index in [4.69, 9.17) is 9.73 Å². The van der Waals surface area contributed by atoms with Crippen LogP contribution in [-0.4, -0.2) is 47.8 Å². The van der Waals surface area contributed by atoms with E-state index in [2.05, 4.69) is 48.3 Å². The zero-order chi connectivity index (χ0) is 23.5. The van der Waals surface area contributed by atoms with E-state index in [9.17, 15) is 4.79 Å². The smallest absolute Gasteiger partial charge is 0.317 e. The van der Waals surface area contributed by atoms with Crippen molar-refractivity contribution in [3.63, 3.8) is 0 Å². The van der Waals surface area contributed by atoms with Gasteiger partial charge in [-0.1, -0.05) is 53.6 Å². The van der Waals surface area contributed by atoms with Gasteiger partial charge in [-0.05, 0) is 50.1 Å². The summed E-state index contributed by atoms with van der Waals surface area (Å²) in [6.07, 6.45) is 0.876. The maximum atomic E-state index is 12.9. The van der Waals surface area contributed by atoms with Gasteiger partial charge >= 0.3 is 6.03 Å². The average molecular weight is 455 g/mol. The number of aryl methyl sites for hydroxylation is 2. The third-order valence-electron chi connectivity index (χ3n) is 6.30. The first-order valence-corrected chi connectivity index (χ1v) is 11.9. The van der Waals surface area contributed by atoms with E-state index in [0.717, 1.165) is 59.2 Å². The molecule has 174 valence electrons. The Kier molecular flexibility index (Phi) is 6.21. The van der Waals surface area contributed by atoms with Crippen molar-refractivity contribution in [2.75, 3.05) is 26.2 Å². The highest BCUT2D eigenvalue weighted by atomic mass is 16.5. The minimum atomic E-state index is -0.0175. The summed E-state index contributed by atoms with van der Waals surface area (Å²) in [5, 5.41) is 3.08. The van der Waals surface area contributed by atoms with Crippen molar-refractivity contribution in [3.05, 3.63) is 89.0 Å². The number of amidine groups is 1. The van der Waals surface area contributed by atoms with E-state index in [0.29, 0.717) is 19.6 Å². The number of fused-ring (bicyclic) bond motifs is 2. The zero-order valence-electron chi connectivity index (χ0n) is 19.8. The van der Waals surface area contributed by atoms with Gasteiger partial charge in [0.15, 0.2) is 5.75 Å². The lowest BCUT2D eigenvalue weighted by Crippen LogP contribution is -2.42. The lowest BCUT2D eigenvalue weighted by molar-refractivity contribution is 0.200. The van der Waals surface area contributed by atoms with Gasteiger partial charge in [0.1, 0.15) is 17.3 Å². The molecule has 6 heteroatoms. The number of amides is 2. The van der Waals surface area contributed by atoms with Gasteiger partial charge in [-0.3, -0.25) is 0 Å². The van der Waals surface area contributed by atoms with Crippen molar-refractivity contribution in [2.45, 2.75) is 26.8 Å². The summed E-state index contributed by atoms with van der Waals surface area (Å²) in [4.78, 5) is 22.1. The molecule has 1 saturated heterocycles. The fourth-order valence-corrected chi connectivity index (χ4v) is 4.52. The topological polar surface area (TPSA) is 57.2 Å². The zero-order valence-corrected chi connectivity index (χ0v) is 19.8. The third-order valence-corrected chi connectivity index (χ3v) is 6.30. The number of urea groups is 1. The molecule has 0 spiro atoms. The van der Waals surface area contributed by atoms with Crippen molar-refractivity contribution < 1.29 is 9.53 Å². The van der Waals surface area contributed by atoms with Crippen LogP contribution in [0.5, 0.6) is 11.5 Å². The minimum absolute atomic E-state index is 0.0175. The predicted octanol–water partition coefficient (Wildman–Crippen LogP) is 5.40. The Balaban J connectivity index is 1.33. The second-order valence-corrected chi connectivity index (χ2v) is 8.98. The lowest BCUT2D eigenvalue weighted by Gasteiger charge is -2.25. The van der Waals surface area contributed by atoms with Gasteiger partial charge < -0.3 is 19.9 Å². The summed E-state index contributed by atoms with van der Waals surface area (Å²) in [5.41, 5.74) is 5.29. The summed E-state index contributed by atoms with van der Waals surface area (Å²) < 4.78 is 6.24. The standard InChI is InChI=1S/C28H30N4O2/c1-20-7-5-8-22(17-20)19-29-28(33)32-14-6-13-31(15-16-32)27-23-18-21(2)11-12-25(23)34-26-10-4-3-9-24(26)30-27/h3-5,7-12,17-18H,6,13-16,19H2,1-2H3,(H,29,33). The molecule has 2 amide bonds. The maximum Gasteiger partial charge on any atom is 0.317 e. The van der Waals surface area contributed by atoms with Crippen molar-refractivity contribution in [2.24, 2.45) is 4.99 Å². The fraction of sp³-hybridized carbons (Fsp3) is 0.286. The molecule has 0 atom stereocenters. The van der Waals surface area contributed by atoms with Gasteiger partial charge in [-0.15, -0.1) is 0 Å². The number of rotatable bonds is 2. The van der Waals surface area contributed by atoms with Gasteiger partial charge in [-0.25, -0.2) is 9.79 Å². The molecule has 0 bridgehead atoms. The first-order chi connectivity index (χ1) is 16.6. The van der Waals surface area contributed by atoms with E-state index < -0.39 is 0 Å². The van der Waals surface area contributed by atoms with Crippen LogP contribution in [0.2, 0.25) is 0 Å². The number of hydrogen-bond acceptors (Lipinski definition) is 4. The number of benzene rings is 3. The Hall–Kier alpha value is -3.80. The Morgan fingerprint density at radius 3 is 2.65 bits per heavy atom. The number of aliphatic imine (C=N–C) groups is 1. The molecule has 3 aromatic carbocycles. The number of carbonyl (C=O) groups is 1. The minimum Gasteiger partial charge on any atom is -0.454 e. The Morgan fingerprint density at radius 2 is 1.76 bits per heavy atom. The predicted molar refractivity (Wildman–Crippen MR) is 135 cm³/mol. The van der Waals surface area contributed by atoms with Gasteiger partial charge in [0.05, 0.1) is 5.56 Å². The Labute approximate surface area is 200 Å². The van der Waals surface area contributed by atoms with Crippen LogP contribution in [0.15, 0.2) is 71.7 Å². The van der Waals surface area contributed by atoms with Gasteiger partial charge in [-0.2, -0.15) is 0 Å². The molecule has 1 fully saturated rings. The normalized spacial score (nSPS) is 15.3. The quantitative estimate of drug-likeness (QED) is 0.564. The number of hydrogen-bond donors (Lipinski definition) is 1. The molecular weight excluding hydrogens is 424 g/mol. The molecule has 6 nitrogen and oxygen atoms in total. The highest BCUT2D eigenvalue weighted by molar-refractivity contribution is 6.04. The molecule has 5 rings (SSSR count). The summed E-state index contributed by atoms with van der Waals surface area (Å²) in [6, 6.07) is 22.3. The van der Waals surface area contributed by atoms with Crippen LogP contribution in [0.25, 0.3) is 0 Å². The van der Waals surface area contributed by atoms with Gasteiger partial charge in [0.2, 0.25) is 0 Å². The molecule has 0 saturated carbocycles. The van der Waals surface area contributed by atoms with Crippen molar-refractivity contribution >= 4 is 17.6 Å². The molecule has 2 heterocycles. The SMILES string of the molecule is Cc1cccc(CNC(=O)N2CCCN(C3=Nc4ccccc4Oc4ccc(C)cc43)CC2)c1. The second-order valence-electron chi connectivity index (χ2n) is 8.98. The van der Waals surface area contributed by atoms with Crippen LogP contribution in [-0.2, 0) is 6.54 Å². The molecule has 0 radical (unpaired) electrons. The average Bonchev–Trinajstić information content (AvgIpc) is 3.17. The van der Waals surface area contributed by atoms with Crippen LogP contribution >= 0.6 is 0 Å². The lowest BCUT2D eigenvalue weighted by atomic mass is 10.1. The monoisotopic (exact) mass is 454 g/mol. The molecule has 0 aliphatic carbocycles. The number of carbonyl (C=O) groups excluding carboxylic acids is 1. The molecule has 3 aromatic rings. The largest absolute Gasteiger partial charge is 0.454 e. The molecule has 2 aliphatic rings. The number of ether oxygens (including phenoxy) is 1. The summed E-state index contributed by atoms with van der Waals surface area (Å²) in [7, 11) is 0. The first kappa shape index (κ1) is 22.0. The number of para-hydroxylation sites is 2. The highest BCUT2D eigenvalue weighted by Crippen LogP contribution is 2.38. The van der Waals surface area contributed by atoms with E-state index in [1.54, 1.807) is 0 Å².